The number of nitrogens with two attached hydrogens (primary N) is 1. The highest BCUT2D eigenvalue weighted by Gasteiger charge is 2.31. The first-order valence-electron chi connectivity index (χ1n) is 6.68. The van der Waals surface area contributed by atoms with E-state index in [0.29, 0.717) is 5.54 Å². The van der Waals surface area contributed by atoms with Crippen molar-refractivity contribution in [3.8, 4) is 0 Å². The summed E-state index contributed by atoms with van der Waals surface area (Å²) in [6.45, 7) is 7.95. The highest BCUT2D eigenvalue weighted by atomic mass is 15.2. The Balaban J connectivity index is 2.18. The van der Waals surface area contributed by atoms with Crippen molar-refractivity contribution >= 4 is 5.69 Å². The zero-order valence-corrected chi connectivity index (χ0v) is 11.2. The third-order valence-electron chi connectivity index (χ3n) is 3.97. The van der Waals surface area contributed by atoms with Crippen LogP contribution in [-0.2, 0) is 0 Å². The van der Waals surface area contributed by atoms with Gasteiger partial charge in [0, 0.05) is 23.8 Å². The van der Waals surface area contributed by atoms with Crippen LogP contribution in [0.4, 0.5) is 5.69 Å². The van der Waals surface area contributed by atoms with Crippen LogP contribution in [0.15, 0.2) is 24.3 Å². The lowest BCUT2D eigenvalue weighted by Crippen LogP contribution is -2.38. The van der Waals surface area contributed by atoms with E-state index >= 15 is 0 Å². The van der Waals surface area contributed by atoms with Crippen molar-refractivity contribution in [2.24, 2.45) is 5.73 Å². The van der Waals surface area contributed by atoms with Crippen LogP contribution >= 0.6 is 0 Å². The molecule has 2 heteroatoms. The van der Waals surface area contributed by atoms with Crippen molar-refractivity contribution in [2.75, 3.05) is 11.4 Å². The predicted octanol–water partition coefficient (Wildman–Crippen LogP) is 3.48. The Morgan fingerprint density at radius 2 is 1.94 bits per heavy atom. The van der Waals surface area contributed by atoms with Gasteiger partial charge < -0.3 is 10.6 Å². The van der Waals surface area contributed by atoms with E-state index < -0.39 is 0 Å². The van der Waals surface area contributed by atoms with Gasteiger partial charge in [-0.05, 0) is 50.8 Å². The van der Waals surface area contributed by atoms with Gasteiger partial charge in [0.05, 0.1) is 0 Å². The first-order chi connectivity index (χ1) is 8.04. The predicted molar refractivity (Wildman–Crippen MR) is 74.3 cm³/mol. The van der Waals surface area contributed by atoms with Crippen LogP contribution in [0.5, 0.6) is 0 Å². The maximum Gasteiger partial charge on any atom is 0.0370 e. The van der Waals surface area contributed by atoms with Gasteiger partial charge in [-0.1, -0.05) is 19.1 Å². The van der Waals surface area contributed by atoms with Crippen LogP contribution in [0.2, 0.25) is 0 Å². The number of benzene rings is 1. The number of anilines is 1. The molecule has 0 amide bonds. The SMILES string of the molecule is CC[C@@H](N)c1ccc(N2CCCC2(C)C)cc1. The zero-order valence-electron chi connectivity index (χ0n) is 11.2. The Labute approximate surface area is 105 Å². The van der Waals surface area contributed by atoms with Gasteiger partial charge in [-0.15, -0.1) is 0 Å². The van der Waals surface area contributed by atoms with Gasteiger partial charge in [0.25, 0.3) is 0 Å². The van der Waals surface area contributed by atoms with Crippen LogP contribution in [0.25, 0.3) is 0 Å². The van der Waals surface area contributed by atoms with Crippen LogP contribution in [0.3, 0.4) is 0 Å². The number of hydrogen-bond donors (Lipinski definition) is 1. The number of rotatable bonds is 3. The molecule has 0 saturated carbocycles. The molecule has 2 rings (SSSR count). The van der Waals surface area contributed by atoms with Gasteiger partial charge in [-0.2, -0.15) is 0 Å². The molecule has 0 bridgehead atoms. The van der Waals surface area contributed by atoms with E-state index in [1.165, 1.54) is 30.6 Å². The lowest BCUT2D eigenvalue weighted by atomic mass is 10.0. The second-order valence-electron chi connectivity index (χ2n) is 5.67. The van der Waals surface area contributed by atoms with Gasteiger partial charge in [-0.3, -0.25) is 0 Å². The van der Waals surface area contributed by atoms with Gasteiger partial charge in [0.1, 0.15) is 0 Å². The van der Waals surface area contributed by atoms with Crippen molar-refractivity contribution in [2.45, 2.75) is 51.6 Å². The molecule has 1 aliphatic rings. The Bertz CT molecular complexity index is 367. The lowest BCUT2D eigenvalue weighted by Gasteiger charge is -2.34. The topological polar surface area (TPSA) is 29.3 Å². The maximum absolute atomic E-state index is 6.04. The van der Waals surface area contributed by atoms with E-state index in [-0.39, 0.29) is 6.04 Å². The fourth-order valence-corrected chi connectivity index (χ4v) is 2.72. The fourth-order valence-electron chi connectivity index (χ4n) is 2.72. The summed E-state index contributed by atoms with van der Waals surface area (Å²) in [5, 5.41) is 0. The van der Waals surface area contributed by atoms with Crippen LogP contribution in [0.1, 0.15) is 51.6 Å². The van der Waals surface area contributed by atoms with Gasteiger partial charge >= 0.3 is 0 Å². The minimum atomic E-state index is 0.177. The average Bonchev–Trinajstić information content (AvgIpc) is 2.68. The molecule has 2 nitrogen and oxygen atoms in total. The van der Waals surface area contributed by atoms with E-state index in [0.717, 1.165) is 6.42 Å². The molecule has 1 aromatic rings. The van der Waals surface area contributed by atoms with E-state index in [1.54, 1.807) is 0 Å². The van der Waals surface area contributed by atoms with E-state index in [4.69, 9.17) is 5.73 Å². The Morgan fingerprint density at radius 1 is 1.29 bits per heavy atom. The Kier molecular flexibility index (Phi) is 3.43. The largest absolute Gasteiger partial charge is 0.366 e. The molecule has 0 aliphatic carbocycles. The van der Waals surface area contributed by atoms with Gasteiger partial charge in [-0.25, -0.2) is 0 Å². The molecule has 2 N–H and O–H groups in total. The second-order valence-corrected chi connectivity index (χ2v) is 5.67. The summed E-state index contributed by atoms with van der Waals surface area (Å²) < 4.78 is 0. The van der Waals surface area contributed by atoms with Crippen molar-refractivity contribution < 1.29 is 0 Å². The van der Waals surface area contributed by atoms with Crippen molar-refractivity contribution in [3.05, 3.63) is 29.8 Å². The molecule has 94 valence electrons. The minimum absolute atomic E-state index is 0.177. The van der Waals surface area contributed by atoms with Crippen LogP contribution < -0.4 is 10.6 Å². The molecule has 1 heterocycles. The van der Waals surface area contributed by atoms with Crippen molar-refractivity contribution in [3.63, 3.8) is 0 Å². The van der Waals surface area contributed by atoms with E-state index in [2.05, 4.69) is 49.9 Å². The van der Waals surface area contributed by atoms with E-state index in [1.807, 2.05) is 0 Å². The third-order valence-corrected chi connectivity index (χ3v) is 3.97. The molecule has 1 atom stereocenters. The van der Waals surface area contributed by atoms with Crippen LogP contribution in [0, 0.1) is 0 Å². The first-order valence-corrected chi connectivity index (χ1v) is 6.68. The molecule has 0 radical (unpaired) electrons. The highest BCUT2D eigenvalue weighted by molar-refractivity contribution is 5.51. The summed E-state index contributed by atoms with van der Waals surface area (Å²) in [4.78, 5) is 2.51. The summed E-state index contributed by atoms with van der Waals surface area (Å²) in [5.74, 6) is 0. The molecule has 17 heavy (non-hydrogen) atoms. The Morgan fingerprint density at radius 3 is 2.41 bits per heavy atom. The molecular formula is C15H24N2. The maximum atomic E-state index is 6.04. The Hall–Kier alpha value is -1.02. The second kappa shape index (κ2) is 4.69. The lowest BCUT2D eigenvalue weighted by molar-refractivity contribution is 0.518. The summed E-state index contributed by atoms with van der Waals surface area (Å²) in [7, 11) is 0. The molecule has 0 spiro atoms. The van der Waals surface area contributed by atoms with Crippen molar-refractivity contribution in [1.29, 1.82) is 0 Å². The highest BCUT2D eigenvalue weighted by Crippen LogP contribution is 2.33. The summed E-state index contributed by atoms with van der Waals surface area (Å²) in [6.07, 6.45) is 3.57. The van der Waals surface area contributed by atoms with Crippen molar-refractivity contribution in [1.82, 2.24) is 0 Å². The molecule has 1 aliphatic heterocycles. The van der Waals surface area contributed by atoms with Gasteiger partial charge in [0.2, 0.25) is 0 Å². The standard InChI is InChI=1S/C15H24N2/c1-4-14(16)12-6-8-13(9-7-12)17-11-5-10-15(17,2)3/h6-9,14H,4-5,10-11,16H2,1-3H3/t14-/m1/s1. The molecule has 1 aromatic carbocycles. The summed E-state index contributed by atoms with van der Waals surface area (Å²) >= 11 is 0. The van der Waals surface area contributed by atoms with E-state index in [9.17, 15) is 0 Å². The monoisotopic (exact) mass is 232 g/mol. The molecule has 0 unspecified atom stereocenters. The molecular weight excluding hydrogens is 208 g/mol. The molecule has 1 saturated heterocycles. The number of nitrogens with zero attached hydrogens (tertiary/aromatic N) is 1. The summed E-state index contributed by atoms with van der Waals surface area (Å²) in [6, 6.07) is 8.97. The third kappa shape index (κ3) is 2.47. The quantitative estimate of drug-likeness (QED) is 0.864. The molecule has 0 aromatic heterocycles. The fraction of sp³-hybridized carbons (Fsp3) is 0.600. The number of hydrogen-bond acceptors (Lipinski definition) is 2. The normalized spacial score (nSPS) is 20.6. The average molecular weight is 232 g/mol. The summed E-state index contributed by atoms with van der Waals surface area (Å²) in [5.41, 5.74) is 8.91. The minimum Gasteiger partial charge on any atom is -0.366 e. The molecule has 1 fully saturated rings. The van der Waals surface area contributed by atoms with Gasteiger partial charge in [0.15, 0.2) is 0 Å². The van der Waals surface area contributed by atoms with Crippen LogP contribution in [-0.4, -0.2) is 12.1 Å². The first kappa shape index (κ1) is 12.4. The smallest absolute Gasteiger partial charge is 0.0370 e. The zero-order chi connectivity index (χ0) is 12.5.